The van der Waals surface area contributed by atoms with Crippen molar-refractivity contribution in [3.05, 3.63) is 35.4 Å². The van der Waals surface area contributed by atoms with E-state index in [1.807, 2.05) is 0 Å². The summed E-state index contributed by atoms with van der Waals surface area (Å²) in [6.07, 6.45) is 0. The molecule has 0 aliphatic rings. The minimum Gasteiger partial charge on any atom is -0.295 e. The van der Waals surface area contributed by atoms with E-state index in [1.165, 1.54) is 13.8 Å². The summed E-state index contributed by atoms with van der Waals surface area (Å²) in [6.45, 7) is 2.95. The lowest BCUT2D eigenvalue weighted by Gasteiger charge is -1.95. The first kappa shape index (κ1) is 8.65. The van der Waals surface area contributed by atoms with Gasteiger partial charge in [0.1, 0.15) is 0 Å². The van der Waals surface area contributed by atoms with Gasteiger partial charge in [0.2, 0.25) is 0 Å². The van der Waals surface area contributed by atoms with E-state index < -0.39 is 0 Å². The molecule has 0 saturated carbocycles. The van der Waals surface area contributed by atoms with Gasteiger partial charge in [-0.05, 0) is 26.0 Å². The van der Waals surface area contributed by atoms with E-state index >= 15 is 0 Å². The number of carbonyl (C=O) groups is 2. The summed E-state index contributed by atoms with van der Waals surface area (Å²) >= 11 is 0. The summed E-state index contributed by atoms with van der Waals surface area (Å²) in [5, 5.41) is 0. The van der Waals surface area contributed by atoms with Crippen molar-refractivity contribution < 1.29 is 9.59 Å². The Morgan fingerprint density at radius 3 is 2.17 bits per heavy atom. The summed E-state index contributed by atoms with van der Waals surface area (Å²) < 4.78 is 0. The van der Waals surface area contributed by atoms with Gasteiger partial charge in [-0.3, -0.25) is 9.59 Å². The normalized spacial score (nSPS) is 9.50. The van der Waals surface area contributed by atoms with Crippen molar-refractivity contribution in [2.45, 2.75) is 13.8 Å². The Balaban J connectivity index is 3.01. The highest BCUT2D eigenvalue weighted by Gasteiger charge is 2.01. The van der Waals surface area contributed by atoms with Gasteiger partial charge < -0.3 is 0 Å². The highest BCUT2D eigenvalue weighted by Crippen LogP contribution is 2.04. The second kappa shape index (κ2) is 3.30. The zero-order chi connectivity index (χ0) is 9.14. The molecule has 0 saturated heterocycles. The van der Waals surface area contributed by atoms with Crippen LogP contribution in [0.4, 0.5) is 0 Å². The highest BCUT2D eigenvalue weighted by atomic mass is 16.1. The smallest absolute Gasteiger partial charge is 0.160 e. The Bertz CT molecular complexity index is 276. The SMILES string of the molecule is CC(=O)c1[c]cc(C(C)=O)cc1. The second-order valence-electron chi connectivity index (χ2n) is 2.60. The molecule has 0 spiro atoms. The van der Waals surface area contributed by atoms with E-state index in [-0.39, 0.29) is 11.6 Å². The molecule has 61 valence electrons. The van der Waals surface area contributed by atoms with Gasteiger partial charge in [0.15, 0.2) is 11.6 Å². The molecule has 12 heavy (non-hydrogen) atoms. The summed E-state index contributed by atoms with van der Waals surface area (Å²) in [5.74, 6) is -0.0496. The molecule has 0 unspecified atom stereocenters. The fourth-order valence-corrected chi connectivity index (χ4v) is 0.863. The van der Waals surface area contributed by atoms with E-state index in [2.05, 4.69) is 6.07 Å². The topological polar surface area (TPSA) is 34.1 Å². The fraction of sp³-hybridized carbons (Fsp3) is 0.200. The number of hydrogen-bond donors (Lipinski definition) is 0. The molecule has 1 aromatic rings. The van der Waals surface area contributed by atoms with E-state index in [1.54, 1.807) is 18.2 Å². The molecule has 0 aliphatic carbocycles. The summed E-state index contributed by atoms with van der Waals surface area (Å²) in [6, 6.07) is 7.53. The van der Waals surface area contributed by atoms with Crippen molar-refractivity contribution in [1.29, 1.82) is 0 Å². The molecule has 2 heteroatoms. The third-order valence-corrected chi connectivity index (χ3v) is 1.60. The third kappa shape index (κ3) is 1.78. The Hall–Kier alpha value is -1.44. The largest absolute Gasteiger partial charge is 0.295 e. The zero-order valence-electron chi connectivity index (χ0n) is 7.05. The van der Waals surface area contributed by atoms with Gasteiger partial charge in [0.25, 0.3) is 0 Å². The minimum absolute atomic E-state index is 0.0126. The van der Waals surface area contributed by atoms with Crippen molar-refractivity contribution in [3.8, 4) is 0 Å². The number of rotatable bonds is 2. The van der Waals surface area contributed by atoms with Crippen LogP contribution in [0.25, 0.3) is 0 Å². The van der Waals surface area contributed by atoms with Crippen LogP contribution >= 0.6 is 0 Å². The van der Waals surface area contributed by atoms with Crippen LogP contribution in [0.2, 0.25) is 0 Å². The summed E-state index contributed by atoms with van der Waals surface area (Å²) in [4.78, 5) is 21.6. The molecule has 0 aromatic heterocycles. The van der Waals surface area contributed by atoms with Crippen LogP contribution < -0.4 is 0 Å². The maximum atomic E-state index is 10.8. The van der Waals surface area contributed by atoms with Gasteiger partial charge in [-0.15, -0.1) is 0 Å². The van der Waals surface area contributed by atoms with Crippen LogP contribution in [-0.2, 0) is 0 Å². The Kier molecular flexibility index (Phi) is 2.38. The predicted molar refractivity (Wildman–Crippen MR) is 45.3 cm³/mol. The number of carbonyl (C=O) groups excluding carboxylic acids is 2. The molecule has 0 atom stereocenters. The van der Waals surface area contributed by atoms with E-state index in [0.29, 0.717) is 11.1 Å². The summed E-state index contributed by atoms with van der Waals surface area (Å²) in [7, 11) is 0. The quantitative estimate of drug-likeness (QED) is 0.621. The molecule has 0 aliphatic heterocycles. The number of benzene rings is 1. The van der Waals surface area contributed by atoms with Gasteiger partial charge in [-0.25, -0.2) is 0 Å². The van der Waals surface area contributed by atoms with Crippen molar-refractivity contribution in [3.63, 3.8) is 0 Å². The lowest BCUT2D eigenvalue weighted by molar-refractivity contribution is 0.100. The minimum atomic E-state index is -0.0369. The van der Waals surface area contributed by atoms with Crippen molar-refractivity contribution >= 4 is 11.6 Å². The molecule has 0 heterocycles. The monoisotopic (exact) mass is 161 g/mol. The molecule has 0 amide bonds. The summed E-state index contributed by atoms with van der Waals surface area (Å²) in [5.41, 5.74) is 1.10. The molecule has 1 radical (unpaired) electrons. The molecular weight excluding hydrogens is 152 g/mol. The maximum Gasteiger partial charge on any atom is 0.160 e. The molecule has 0 fully saturated rings. The number of hydrogen-bond acceptors (Lipinski definition) is 2. The fourth-order valence-electron chi connectivity index (χ4n) is 0.863. The Labute approximate surface area is 71.2 Å². The standard InChI is InChI=1S/C10H9O2/c1-7(11)9-3-5-10(6-4-9)8(2)12/h3-5H,1-2H3. The first-order valence-corrected chi connectivity index (χ1v) is 3.65. The molecule has 0 bridgehead atoms. The van der Waals surface area contributed by atoms with Crippen molar-refractivity contribution in [1.82, 2.24) is 0 Å². The molecule has 1 rings (SSSR count). The molecular formula is C10H9O2. The molecule has 2 nitrogen and oxygen atoms in total. The van der Waals surface area contributed by atoms with Crippen molar-refractivity contribution in [2.75, 3.05) is 0 Å². The predicted octanol–water partition coefficient (Wildman–Crippen LogP) is 1.89. The lowest BCUT2D eigenvalue weighted by Crippen LogP contribution is -1.95. The second-order valence-corrected chi connectivity index (χ2v) is 2.60. The average molecular weight is 161 g/mol. The van der Waals surface area contributed by atoms with Crippen LogP contribution in [0.5, 0.6) is 0 Å². The molecule has 1 aromatic carbocycles. The van der Waals surface area contributed by atoms with Crippen LogP contribution in [-0.4, -0.2) is 11.6 Å². The maximum absolute atomic E-state index is 10.8. The van der Waals surface area contributed by atoms with Gasteiger partial charge in [0, 0.05) is 11.1 Å². The first-order chi connectivity index (χ1) is 5.61. The molecule has 0 N–H and O–H groups in total. The lowest BCUT2D eigenvalue weighted by atomic mass is 10.1. The number of ketones is 2. The van der Waals surface area contributed by atoms with E-state index in [0.717, 1.165) is 0 Å². The van der Waals surface area contributed by atoms with Gasteiger partial charge in [-0.1, -0.05) is 12.1 Å². The highest BCUT2D eigenvalue weighted by molar-refractivity contribution is 5.97. The van der Waals surface area contributed by atoms with Crippen LogP contribution in [0.1, 0.15) is 34.6 Å². The van der Waals surface area contributed by atoms with Gasteiger partial charge in [0.05, 0.1) is 0 Å². The third-order valence-electron chi connectivity index (χ3n) is 1.60. The Morgan fingerprint density at radius 1 is 1.17 bits per heavy atom. The Morgan fingerprint density at radius 2 is 1.83 bits per heavy atom. The zero-order valence-corrected chi connectivity index (χ0v) is 7.05. The first-order valence-electron chi connectivity index (χ1n) is 3.65. The van der Waals surface area contributed by atoms with Gasteiger partial charge >= 0.3 is 0 Å². The number of Topliss-reactive ketones (excluding diaryl/α,β-unsaturated/α-hetero) is 2. The van der Waals surface area contributed by atoms with E-state index in [9.17, 15) is 9.59 Å². The van der Waals surface area contributed by atoms with Crippen molar-refractivity contribution in [2.24, 2.45) is 0 Å². The van der Waals surface area contributed by atoms with Gasteiger partial charge in [-0.2, -0.15) is 0 Å². The van der Waals surface area contributed by atoms with Crippen LogP contribution in [0.3, 0.4) is 0 Å². The average Bonchev–Trinajstić information content (AvgIpc) is 2.04. The van der Waals surface area contributed by atoms with E-state index in [4.69, 9.17) is 0 Å². The van der Waals surface area contributed by atoms with Crippen LogP contribution in [0.15, 0.2) is 18.2 Å². The van der Waals surface area contributed by atoms with Crippen LogP contribution in [0, 0.1) is 6.07 Å².